The zero-order chi connectivity index (χ0) is 9.97. The maximum Gasteiger partial charge on any atom is 0.335 e. The second-order valence-electron chi connectivity index (χ2n) is 2.94. The lowest BCUT2D eigenvalue weighted by molar-refractivity contribution is 0.0697. The number of carboxylic acids is 1. The van der Waals surface area contributed by atoms with Crippen molar-refractivity contribution in [2.45, 2.75) is 11.3 Å². The van der Waals surface area contributed by atoms with Crippen molar-refractivity contribution in [3.63, 3.8) is 0 Å². The molecule has 72 valence electrons. The molecule has 0 unspecified atom stereocenters. The second kappa shape index (κ2) is 3.84. The second-order valence-corrected chi connectivity index (χ2v) is 4.07. The number of nitrogens with zero attached hydrogens (tertiary/aromatic N) is 1. The Balaban J connectivity index is 2.45. The Hall–Kier alpha value is -1.29. The minimum Gasteiger partial charge on any atom is -0.478 e. The van der Waals surface area contributed by atoms with E-state index in [2.05, 4.69) is 4.99 Å². The van der Waals surface area contributed by atoms with Crippen molar-refractivity contribution in [1.29, 1.82) is 0 Å². The number of benzene rings is 1. The lowest BCUT2D eigenvalue weighted by Crippen LogP contribution is -1.95. The van der Waals surface area contributed by atoms with Gasteiger partial charge in [-0.15, -0.1) is 11.8 Å². The average Bonchev–Trinajstić information content (AvgIpc) is 2.41. The van der Waals surface area contributed by atoms with E-state index in [4.69, 9.17) is 5.11 Å². The van der Waals surface area contributed by atoms with Crippen LogP contribution >= 0.6 is 11.8 Å². The predicted octanol–water partition coefficient (Wildman–Crippen LogP) is 2.58. The van der Waals surface area contributed by atoms with Gasteiger partial charge in [0, 0.05) is 16.9 Å². The predicted molar refractivity (Wildman–Crippen MR) is 56.9 cm³/mol. The van der Waals surface area contributed by atoms with Crippen LogP contribution in [0, 0.1) is 0 Å². The first-order valence-corrected chi connectivity index (χ1v) is 5.28. The van der Waals surface area contributed by atoms with Crippen LogP contribution in [0.2, 0.25) is 0 Å². The van der Waals surface area contributed by atoms with E-state index in [9.17, 15) is 4.79 Å². The molecule has 0 aliphatic carbocycles. The summed E-state index contributed by atoms with van der Waals surface area (Å²) in [6, 6.07) is 5.06. The van der Waals surface area contributed by atoms with E-state index in [0.717, 1.165) is 22.8 Å². The third-order valence-electron chi connectivity index (χ3n) is 1.94. The SMILES string of the molecule is O=C(O)c1ccc2c(c1)N=CCCS2. The zero-order valence-electron chi connectivity index (χ0n) is 7.43. The molecule has 4 heteroatoms. The summed E-state index contributed by atoms with van der Waals surface area (Å²) in [5.74, 6) is 0.0976. The van der Waals surface area contributed by atoms with Crippen molar-refractivity contribution < 1.29 is 9.90 Å². The molecule has 0 amide bonds. The molecule has 1 aromatic carbocycles. The fraction of sp³-hybridized carbons (Fsp3) is 0.200. The Morgan fingerprint density at radius 3 is 3.14 bits per heavy atom. The number of fused-ring (bicyclic) bond motifs is 1. The minimum atomic E-state index is -0.905. The first-order valence-electron chi connectivity index (χ1n) is 4.30. The van der Waals surface area contributed by atoms with E-state index in [1.807, 2.05) is 12.3 Å². The molecule has 1 aliphatic heterocycles. The summed E-state index contributed by atoms with van der Waals surface area (Å²) >= 11 is 1.71. The molecule has 3 nitrogen and oxygen atoms in total. The van der Waals surface area contributed by atoms with E-state index >= 15 is 0 Å². The van der Waals surface area contributed by atoms with Crippen LogP contribution in [0.3, 0.4) is 0 Å². The van der Waals surface area contributed by atoms with Crippen molar-refractivity contribution in [1.82, 2.24) is 0 Å². The van der Waals surface area contributed by atoms with Crippen LogP contribution < -0.4 is 0 Å². The molecule has 0 radical (unpaired) electrons. The number of hydrogen-bond donors (Lipinski definition) is 1. The van der Waals surface area contributed by atoms with Crippen LogP contribution in [-0.2, 0) is 0 Å². The lowest BCUT2D eigenvalue weighted by atomic mass is 10.2. The van der Waals surface area contributed by atoms with Gasteiger partial charge in [-0.25, -0.2) is 4.79 Å². The Kier molecular flexibility index (Phi) is 2.54. The van der Waals surface area contributed by atoms with E-state index in [1.54, 1.807) is 23.9 Å². The number of aromatic carboxylic acids is 1. The molecule has 0 saturated carbocycles. The molecule has 1 aromatic rings. The quantitative estimate of drug-likeness (QED) is 0.770. The fourth-order valence-corrected chi connectivity index (χ4v) is 2.12. The maximum atomic E-state index is 10.7. The smallest absolute Gasteiger partial charge is 0.335 e. The van der Waals surface area contributed by atoms with Crippen molar-refractivity contribution >= 4 is 29.6 Å². The molecule has 0 bridgehead atoms. The first-order chi connectivity index (χ1) is 6.77. The Morgan fingerprint density at radius 2 is 2.36 bits per heavy atom. The summed E-state index contributed by atoms with van der Waals surface area (Å²) in [6.07, 6.45) is 2.77. The third-order valence-corrected chi connectivity index (χ3v) is 3.04. The van der Waals surface area contributed by atoms with Gasteiger partial charge >= 0.3 is 5.97 Å². The average molecular weight is 207 g/mol. The molecule has 1 N–H and O–H groups in total. The van der Waals surface area contributed by atoms with Gasteiger partial charge in [-0.3, -0.25) is 4.99 Å². The molecule has 0 aromatic heterocycles. The lowest BCUT2D eigenvalue weighted by Gasteiger charge is -2.02. The summed E-state index contributed by atoms with van der Waals surface area (Å²) in [7, 11) is 0. The molecule has 2 rings (SSSR count). The number of thioether (sulfide) groups is 1. The molecular weight excluding hydrogens is 198 g/mol. The Morgan fingerprint density at radius 1 is 1.50 bits per heavy atom. The minimum absolute atomic E-state index is 0.295. The Bertz CT molecular complexity index is 401. The molecule has 0 atom stereocenters. The summed E-state index contributed by atoms with van der Waals surface area (Å²) < 4.78 is 0. The fourth-order valence-electron chi connectivity index (χ4n) is 1.26. The summed E-state index contributed by atoms with van der Waals surface area (Å²) in [5.41, 5.74) is 1.07. The van der Waals surface area contributed by atoms with Crippen molar-refractivity contribution in [2.24, 2.45) is 4.99 Å². The summed E-state index contributed by atoms with van der Waals surface area (Å²) in [5, 5.41) is 8.80. The highest BCUT2D eigenvalue weighted by molar-refractivity contribution is 7.99. The molecule has 14 heavy (non-hydrogen) atoms. The highest BCUT2D eigenvalue weighted by atomic mass is 32.2. The van der Waals surface area contributed by atoms with Crippen LogP contribution in [0.5, 0.6) is 0 Å². The topological polar surface area (TPSA) is 49.7 Å². The van der Waals surface area contributed by atoms with Crippen LogP contribution in [-0.4, -0.2) is 23.0 Å². The van der Waals surface area contributed by atoms with Crippen LogP contribution in [0.1, 0.15) is 16.8 Å². The number of rotatable bonds is 1. The standard InChI is InChI=1S/C10H9NO2S/c12-10(13)7-2-3-9-8(6-7)11-4-1-5-14-9/h2-4,6H,1,5H2,(H,12,13). The highest BCUT2D eigenvalue weighted by Crippen LogP contribution is 2.32. The largest absolute Gasteiger partial charge is 0.478 e. The van der Waals surface area contributed by atoms with Gasteiger partial charge < -0.3 is 5.11 Å². The molecule has 1 heterocycles. The van der Waals surface area contributed by atoms with Crippen molar-refractivity contribution in [3.8, 4) is 0 Å². The van der Waals surface area contributed by atoms with Crippen molar-refractivity contribution in [3.05, 3.63) is 23.8 Å². The van der Waals surface area contributed by atoms with Gasteiger partial charge in [-0.1, -0.05) is 0 Å². The first kappa shape index (κ1) is 9.27. The van der Waals surface area contributed by atoms with E-state index in [0.29, 0.717) is 5.56 Å². The van der Waals surface area contributed by atoms with E-state index < -0.39 is 5.97 Å². The molecule has 0 spiro atoms. The van der Waals surface area contributed by atoms with Crippen LogP contribution in [0.4, 0.5) is 5.69 Å². The highest BCUT2D eigenvalue weighted by Gasteiger charge is 2.09. The maximum absolute atomic E-state index is 10.7. The number of carboxylic acid groups (broad SMARTS) is 1. The van der Waals surface area contributed by atoms with Gasteiger partial charge in [0.2, 0.25) is 0 Å². The summed E-state index contributed by atoms with van der Waals surface area (Å²) in [6.45, 7) is 0. The molecule has 0 saturated heterocycles. The molecule has 0 fully saturated rings. The number of carbonyl (C=O) groups is 1. The summed E-state index contributed by atoms with van der Waals surface area (Å²) in [4.78, 5) is 16.0. The van der Waals surface area contributed by atoms with Gasteiger partial charge in [0.25, 0.3) is 0 Å². The Labute approximate surface area is 85.9 Å². The van der Waals surface area contributed by atoms with Crippen LogP contribution in [0.25, 0.3) is 0 Å². The number of aliphatic imine (C=N–C) groups is 1. The molecular formula is C10H9NO2S. The van der Waals surface area contributed by atoms with Gasteiger partial charge in [0.15, 0.2) is 0 Å². The van der Waals surface area contributed by atoms with Crippen LogP contribution in [0.15, 0.2) is 28.1 Å². The van der Waals surface area contributed by atoms with Gasteiger partial charge in [0.1, 0.15) is 0 Å². The molecule has 1 aliphatic rings. The number of hydrogen-bond acceptors (Lipinski definition) is 3. The van der Waals surface area contributed by atoms with Gasteiger partial charge in [-0.05, 0) is 24.6 Å². The van der Waals surface area contributed by atoms with E-state index in [-0.39, 0.29) is 0 Å². The van der Waals surface area contributed by atoms with E-state index in [1.165, 1.54) is 0 Å². The normalized spacial score (nSPS) is 14.6. The van der Waals surface area contributed by atoms with Gasteiger partial charge in [-0.2, -0.15) is 0 Å². The third kappa shape index (κ3) is 1.80. The van der Waals surface area contributed by atoms with Crippen molar-refractivity contribution in [2.75, 3.05) is 5.75 Å². The van der Waals surface area contributed by atoms with Gasteiger partial charge in [0.05, 0.1) is 11.3 Å². The monoisotopic (exact) mass is 207 g/mol. The zero-order valence-corrected chi connectivity index (χ0v) is 8.25.